The first kappa shape index (κ1) is 16.2. The summed E-state index contributed by atoms with van der Waals surface area (Å²) in [6, 6.07) is 4.95. The number of aryl methyl sites for hydroxylation is 1. The summed E-state index contributed by atoms with van der Waals surface area (Å²) in [6.45, 7) is 5.98. The lowest BCUT2D eigenvalue weighted by Crippen LogP contribution is -2.41. The van der Waals surface area contributed by atoms with Gasteiger partial charge in [-0.25, -0.2) is 13.1 Å². The van der Waals surface area contributed by atoms with E-state index in [9.17, 15) is 8.42 Å². The zero-order chi connectivity index (χ0) is 15.3. The van der Waals surface area contributed by atoms with Gasteiger partial charge in [-0.15, -0.1) is 0 Å². The highest BCUT2D eigenvalue weighted by atomic mass is 32.2. The van der Waals surface area contributed by atoms with Crippen molar-refractivity contribution in [2.24, 2.45) is 0 Å². The molecular formula is C14H22N2O4S. The molecule has 7 heteroatoms. The third-order valence-electron chi connectivity index (χ3n) is 3.50. The van der Waals surface area contributed by atoms with Crippen LogP contribution in [0.5, 0.6) is 5.75 Å². The van der Waals surface area contributed by atoms with Gasteiger partial charge in [0, 0.05) is 26.2 Å². The topological polar surface area (TPSA) is 67.9 Å². The number of methoxy groups -OCH3 is 1. The second-order valence-electron chi connectivity index (χ2n) is 4.98. The first-order chi connectivity index (χ1) is 10.0. The van der Waals surface area contributed by atoms with Crippen LogP contribution in [-0.4, -0.2) is 59.8 Å². The van der Waals surface area contributed by atoms with E-state index in [2.05, 4.69) is 9.62 Å². The number of sulfonamides is 1. The lowest BCUT2D eigenvalue weighted by Gasteiger charge is -2.26. The molecule has 1 aliphatic rings. The minimum Gasteiger partial charge on any atom is -0.497 e. The van der Waals surface area contributed by atoms with Crippen LogP contribution in [0.25, 0.3) is 0 Å². The maximum Gasteiger partial charge on any atom is 0.240 e. The number of morpholine rings is 1. The van der Waals surface area contributed by atoms with Crippen molar-refractivity contribution in [3.8, 4) is 5.75 Å². The van der Waals surface area contributed by atoms with Gasteiger partial charge < -0.3 is 9.47 Å². The lowest BCUT2D eigenvalue weighted by molar-refractivity contribution is 0.0390. The molecule has 0 amide bonds. The standard InChI is InChI=1S/C14H22N2O4S/c1-12-11-13(19-2)3-4-14(12)21(17,18)15-5-6-16-7-9-20-10-8-16/h3-4,11,15H,5-10H2,1-2H3. The van der Waals surface area contributed by atoms with E-state index < -0.39 is 10.0 Å². The highest BCUT2D eigenvalue weighted by molar-refractivity contribution is 7.89. The van der Waals surface area contributed by atoms with Gasteiger partial charge in [-0.05, 0) is 30.7 Å². The molecule has 0 saturated carbocycles. The van der Waals surface area contributed by atoms with Gasteiger partial charge in [-0.2, -0.15) is 0 Å². The molecule has 0 atom stereocenters. The molecule has 1 aliphatic heterocycles. The molecule has 0 aromatic heterocycles. The van der Waals surface area contributed by atoms with E-state index >= 15 is 0 Å². The monoisotopic (exact) mass is 314 g/mol. The molecule has 1 N–H and O–H groups in total. The van der Waals surface area contributed by atoms with Crippen LogP contribution in [0.1, 0.15) is 5.56 Å². The maximum atomic E-state index is 12.3. The van der Waals surface area contributed by atoms with Crippen molar-refractivity contribution in [1.82, 2.24) is 9.62 Å². The summed E-state index contributed by atoms with van der Waals surface area (Å²) in [7, 11) is -1.92. The second-order valence-corrected chi connectivity index (χ2v) is 6.72. The van der Waals surface area contributed by atoms with Crippen LogP contribution >= 0.6 is 0 Å². The normalized spacial score (nSPS) is 16.9. The first-order valence-corrected chi connectivity index (χ1v) is 8.45. The first-order valence-electron chi connectivity index (χ1n) is 6.97. The summed E-state index contributed by atoms with van der Waals surface area (Å²) < 4.78 is 37.6. The number of nitrogens with one attached hydrogen (secondary N) is 1. The van der Waals surface area contributed by atoms with Crippen molar-refractivity contribution in [3.05, 3.63) is 23.8 Å². The van der Waals surface area contributed by atoms with Gasteiger partial charge in [0.25, 0.3) is 0 Å². The second kappa shape index (κ2) is 7.22. The van der Waals surface area contributed by atoms with E-state index in [0.29, 0.717) is 42.5 Å². The zero-order valence-electron chi connectivity index (χ0n) is 12.5. The van der Waals surface area contributed by atoms with Crippen LogP contribution in [0.15, 0.2) is 23.1 Å². The third kappa shape index (κ3) is 4.41. The Morgan fingerprint density at radius 1 is 1.33 bits per heavy atom. The Morgan fingerprint density at radius 2 is 2.05 bits per heavy atom. The smallest absolute Gasteiger partial charge is 0.240 e. The number of nitrogens with zero attached hydrogens (tertiary/aromatic N) is 1. The number of rotatable bonds is 6. The summed E-state index contributed by atoms with van der Waals surface area (Å²) in [6.07, 6.45) is 0. The summed E-state index contributed by atoms with van der Waals surface area (Å²) in [5.74, 6) is 0.653. The minimum absolute atomic E-state index is 0.297. The van der Waals surface area contributed by atoms with Crippen LogP contribution < -0.4 is 9.46 Å². The lowest BCUT2D eigenvalue weighted by atomic mass is 10.2. The molecule has 118 valence electrons. The minimum atomic E-state index is -3.48. The number of ether oxygens (including phenoxy) is 2. The van der Waals surface area contributed by atoms with Crippen molar-refractivity contribution < 1.29 is 17.9 Å². The predicted octanol–water partition coefficient (Wildman–Crippen LogP) is 0.614. The van der Waals surface area contributed by atoms with E-state index in [1.54, 1.807) is 32.2 Å². The van der Waals surface area contributed by atoms with Gasteiger partial charge >= 0.3 is 0 Å². The Balaban J connectivity index is 1.94. The maximum absolute atomic E-state index is 12.3. The number of benzene rings is 1. The van der Waals surface area contributed by atoms with E-state index in [1.807, 2.05) is 0 Å². The van der Waals surface area contributed by atoms with Crippen LogP contribution in [-0.2, 0) is 14.8 Å². The fourth-order valence-corrected chi connectivity index (χ4v) is 3.54. The highest BCUT2D eigenvalue weighted by Gasteiger charge is 2.17. The van der Waals surface area contributed by atoms with E-state index in [1.165, 1.54) is 0 Å². The van der Waals surface area contributed by atoms with Gasteiger partial charge in [-0.3, -0.25) is 4.90 Å². The molecule has 0 spiro atoms. The molecule has 1 saturated heterocycles. The van der Waals surface area contributed by atoms with Crippen LogP contribution in [0.3, 0.4) is 0 Å². The Kier molecular flexibility index (Phi) is 5.58. The molecule has 0 unspecified atom stereocenters. The molecule has 2 rings (SSSR count). The third-order valence-corrected chi connectivity index (χ3v) is 5.12. The number of hydrogen-bond donors (Lipinski definition) is 1. The highest BCUT2D eigenvalue weighted by Crippen LogP contribution is 2.20. The van der Waals surface area contributed by atoms with Crippen LogP contribution in [0, 0.1) is 6.92 Å². The van der Waals surface area contributed by atoms with Gasteiger partial charge in [-0.1, -0.05) is 0 Å². The molecule has 6 nitrogen and oxygen atoms in total. The van der Waals surface area contributed by atoms with Crippen LogP contribution in [0.2, 0.25) is 0 Å². The molecule has 21 heavy (non-hydrogen) atoms. The summed E-state index contributed by atoms with van der Waals surface area (Å²) in [5.41, 5.74) is 0.674. The van der Waals surface area contributed by atoms with Crippen LogP contribution in [0.4, 0.5) is 0 Å². The Morgan fingerprint density at radius 3 is 2.67 bits per heavy atom. The van der Waals surface area contributed by atoms with Crippen molar-refractivity contribution in [2.75, 3.05) is 46.5 Å². The van der Waals surface area contributed by atoms with E-state index in [-0.39, 0.29) is 0 Å². The zero-order valence-corrected chi connectivity index (χ0v) is 13.3. The molecular weight excluding hydrogens is 292 g/mol. The van der Waals surface area contributed by atoms with Crippen molar-refractivity contribution in [1.29, 1.82) is 0 Å². The molecule has 1 aromatic carbocycles. The van der Waals surface area contributed by atoms with Gasteiger partial charge in [0.15, 0.2) is 0 Å². The van der Waals surface area contributed by atoms with Crippen molar-refractivity contribution in [2.45, 2.75) is 11.8 Å². The quantitative estimate of drug-likeness (QED) is 0.833. The van der Waals surface area contributed by atoms with Gasteiger partial charge in [0.1, 0.15) is 5.75 Å². The van der Waals surface area contributed by atoms with E-state index in [0.717, 1.165) is 13.1 Å². The Bertz CT molecular complexity index is 568. The largest absolute Gasteiger partial charge is 0.497 e. The fourth-order valence-electron chi connectivity index (χ4n) is 2.29. The predicted molar refractivity (Wildman–Crippen MR) is 80.2 cm³/mol. The van der Waals surface area contributed by atoms with E-state index in [4.69, 9.17) is 9.47 Å². The molecule has 0 radical (unpaired) electrons. The summed E-state index contributed by atoms with van der Waals surface area (Å²) in [4.78, 5) is 2.48. The Labute approximate surface area is 126 Å². The SMILES string of the molecule is COc1ccc(S(=O)(=O)NCCN2CCOCC2)c(C)c1. The van der Waals surface area contributed by atoms with Crippen molar-refractivity contribution >= 4 is 10.0 Å². The van der Waals surface area contributed by atoms with Gasteiger partial charge in [0.05, 0.1) is 25.2 Å². The molecule has 1 fully saturated rings. The van der Waals surface area contributed by atoms with Gasteiger partial charge in [0.2, 0.25) is 10.0 Å². The fraction of sp³-hybridized carbons (Fsp3) is 0.571. The molecule has 1 heterocycles. The van der Waals surface area contributed by atoms with Crippen molar-refractivity contribution in [3.63, 3.8) is 0 Å². The summed E-state index contributed by atoms with van der Waals surface area (Å²) >= 11 is 0. The molecule has 1 aromatic rings. The average Bonchev–Trinajstić information content (AvgIpc) is 2.47. The molecule has 0 aliphatic carbocycles. The summed E-state index contributed by atoms with van der Waals surface area (Å²) in [5, 5.41) is 0. The Hall–Kier alpha value is -1.15. The molecule has 0 bridgehead atoms. The number of hydrogen-bond acceptors (Lipinski definition) is 5. The average molecular weight is 314 g/mol.